The first kappa shape index (κ1) is 16.5. The normalized spacial score (nSPS) is 24.3. The first-order valence-electron chi connectivity index (χ1n) is 9.23. The maximum Gasteiger partial charge on any atom is 0.259 e. The zero-order chi connectivity index (χ0) is 17.7. The summed E-state index contributed by atoms with van der Waals surface area (Å²) in [6.45, 7) is 7.14. The molecule has 6 nitrogen and oxygen atoms in total. The number of β-amino-alcohol motifs (C(OH)–C–C–N with tert-alkyl or cyclic N) is 1. The predicted molar refractivity (Wildman–Crippen MR) is 93.6 cm³/mol. The molecule has 25 heavy (non-hydrogen) atoms. The van der Waals surface area contributed by atoms with Crippen LogP contribution in [0, 0.1) is 5.92 Å². The fourth-order valence-electron chi connectivity index (χ4n) is 3.55. The van der Waals surface area contributed by atoms with Crippen molar-refractivity contribution in [2.75, 3.05) is 13.1 Å². The number of hydrogen-bond donors (Lipinski definition) is 1. The summed E-state index contributed by atoms with van der Waals surface area (Å²) in [5.41, 5.74) is 2.79. The number of likely N-dealkylation sites (tertiary alicyclic amines) is 1. The summed E-state index contributed by atoms with van der Waals surface area (Å²) in [5.74, 6) is 0.750. The summed E-state index contributed by atoms with van der Waals surface area (Å²) in [6, 6.07) is 1.93. The number of aliphatic hydroxyl groups excluding tert-OH is 1. The van der Waals surface area contributed by atoms with E-state index in [1.165, 1.54) is 0 Å². The van der Waals surface area contributed by atoms with Gasteiger partial charge in [0.1, 0.15) is 0 Å². The number of piperidine rings is 1. The van der Waals surface area contributed by atoms with E-state index in [-0.39, 0.29) is 17.7 Å². The minimum atomic E-state index is -0.468. The lowest BCUT2D eigenvalue weighted by Gasteiger charge is -2.34. The third-order valence-electron chi connectivity index (χ3n) is 5.47. The highest BCUT2D eigenvalue weighted by Gasteiger charge is 2.33. The first-order valence-corrected chi connectivity index (χ1v) is 9.23. The zero-order valence-electron chi connectivity index (χ0n) is 15.0. The van der Waals surface area contributed by atoms with Crippen molar-refractivity contribution >= 4 is 17.0 Å². The number of amides is 1. The average Bonchev–Trinajstić information content (AvgIpc) is 3.34. The van der Waals surface area contributed by atoms with Crippen molar-refractivity contribution in [1.29, 1.82) is 0 Å². The van der Waals surface area contributed by atoms with Crippen molar-refractivity contribution in [3.8, 4) is 0 Å². The minimum absolute atomic E-state index is 0.0506. The Hall–Kier alpha value is -1.95. The molecule has 0 spiro atoms. The number of hydrogen-bond acceptors (Lipinski definition) is 5. The zero-order valence-corrected chi connectivity index (χ0v) is 15.0. The molecular formula is C19H25N3O3. The van der Waals surface area contributed by atoms with Gasteiger partial charge >= 0.3 is 0 Å². The molecule has 134 valence electrons. The Labute approximate surface area is 147 Å². The van der Waals surface area contributed by atoms with Gasteiger partial charge in [-0.1, -0.05) is 25.9 Å². The Balaban J connectivity index is 1.78. The largest absolute Gasteiger partial charge is 0.391 e. The summed E-state index contributed by atoms with van der Waals surface area (Å²) >= 11 is 0. The van der Waals surface area contributed by atoms with Gasteiger partial charge in [0.15, 0.2) is 0 Å². The van der Waals surface area contributed by atoms with E-state index < -0.39 is 6.10 Å². The monoisotopic (exact) mass is 343 g/mol. The highest BCUT2D eigenvalue weighted by molar-refractivity contribution is 6.06. The topological polar surface area (TPSA) is 79.5 Å². The van der Waals surface area contributed by atoms with E-state index in [1.54, 1.807) is 4.90 Å². The van der Waals surface area contributed by atoms with Crippen LogP contribution in [0.3, 0.4) is 0 Å². The van der Waals surface area contributed by atoms with Crippen LogP contribution in [0.25, 0.3) is 11.1 Å². The van der Waals surface area contributed by atoms with E-state index in [0.717, 1.165) is 36.0 Å². The maximum atomic E-state index is 13.3. The van der Waals surface area contributed by atoms with Gasteiger partial charge in [-0.05, 0) is 37.2 Å². The molecule has 6 heteroatoms. The Morgan fingerprint density at radius 3 is 2.76 bits per heavy atom. The van der Waals surface area contributed by atoms with E-state index in [4.69, 9.17) is 4.52 Å². The first-order chi connectivity index (χ1) is 12.0. The summed E-state index contributed by atoms with van der Waals surface area (Å²) < 4.78 is 5.46. The number of pyridine rings is 1. The van der Waals surface area contributed by atoms with E-state index in [1.807, 2.05) is 26.8 Å². The maximum absolute atomic E-state index is 13.3. The number of aliphatic hydroxyl groups is 1. The highest BCUT2D eigenvalue weighted by Crippen LogP contribution is 2.41. The Morgan fingerprint density at radius 1 is 1.36 bits per heavy atom. The molecule has 1 saturated carbocycles. The molecule has 1 saturated heterocycles. The van der Waals surface area contributed by atoms with Crippen LogP contribution in [0.1, 0.15) is 73.6 Å². The molecule has 0 aromatic carbocycles. The number of carbonyl (C=O) groups is 1. The average molecular weight is 343 g/mol. The van der Waals surface area contributed by atoms with Gasteiger partial charge in [0, 0.05) is 24.7 Å². The SMILES string of the molecule is CC(C)c1noc2nc(C3CC3)cc(C(=O)N3CCC(C)C(O)C3)c12. The molecule has 2 fully saturated rings. The summed E-state index contributed by atoms with van der Waals surface area (Å²) in [5, 5.41) is 15.1. The summed E-state index contributed by atoms with van der Waals surface area (Å²) in [7, 11) is 0. The van der Waals surface area contributed by atoms with E-state index in [2.05, 4.69) is 10.1 Å². The second-order valence-corrected chi connectivity index (χ2v) is 7.86. The van der Waals surface area contributed by atoms with Crippen molar-refractivity contribution in [1.82, 2.24) is 15.0 Å². The van der Waals surface area contributed by atoms with Crippen LogP contribution < -0.4 is 0 Å². The quantitative estimate of drug-likeness (QED) is 0.926. The van der Waals surface area contributed by atoms with Crippen LogP contribution in [0.15, 0.2) is 10.6 Å². The van der Waals surface area contributed by atoms with Crippen molar-refractivity contribution < 1.29 is 14.4 Å². The van der Waals surface area contributed by atoms with E-state index in [9.17, 15) is 9.90 Å². The fraction of sp³-hybridized carbons (Fsp3) is 0.632. The smallest absolute Gasteiger partial charge is 0.259 e. The van der Waals surface area contributed by atoms with Gasteiger partial charge in [-0.15, -0.1) is 0 Å². The Bertz CT molecular complexity index is 810. The molecule has 2 aliphatic rings. The molecule has 2 atom stereocenters. The molecule has 1 N–H and O–H groups in total. The molecule has 1 aliphatic carbocycles. The molecular weight excluding hydrogens is 318 g/mol. The third kappa shape index (κ3) is 2.92. The van der Waals surface area contributed by atoms with Crippen LogP contribution in [-0.4, -0.2) is 45.2 Å². The number of aromatic nitrogens is 2. The molecule has 0 radical (unpaired) electrons. The number of carbonyl (C=O) groups excluding carboxylic acids is 1. The lowest BCUT2D eigenvalue weighted by atomic mass is 9.94. The standard InChI is InChI=1S/C19H25N3O3/c1-10(2)17-16-13(19(24)22-7-6-11(3)15(23)9-22)8-14(12-4-5-12)20-18(16)25-21-17/h8,10-12,15,23H,4-7,9H2,1-3H3. The van der Waals surface area contributed by atoms with Crippen molar-refractivity contribution in [3.63, 3.8) is 0 Å². The van der Waals surface area contributed by atoms with Crippen LogP contribution in [0.5, 0.6) is 0 Å². The van der Waals surface area contributed by atoms with Gasteiger partial charge < -0.3 is 14.5 Å². The third-order valence-corrected chi connectivity index (χ3v) is 5.47. The molecule has 4 rings (SSSR count). The molecule has 2 aromatic rings. The van der Waals surface area contributed by atoms with Gasteiger partial charge in [0.2, 0.25) is 0 Å². The molecule has 1 amide bonds. The van der Waals surface area contributed by atoms with Crippen molar-refractivity contribution in [2.24, 2.45) is 5.92 Å². The van der Waals surface area contributed by atoms with Crippen LogP contribution in [0.4, 0.5) is 0 Å². The molecule has 1 aliphatic heterocycles. The minimum Gasteiger partial charge on any atom is -0.391 e. The van der Waals surface area contributed by atoms with Crippen molar-refractivity contribution in [2.45, 2.75) is 58.0 Å². The molecule has 2 unspecified atom stereocenters. The van der Waals surface area contributed by atoms with Gasteiger partial charge in [0.25, 0.3) is 11.6 Å². The number of fused-ring (bicyclic) bond motifs is 1. The van der Waals surface area contributed by atoms with Gasteiger partial charge in [-0.3, -0.25) is 4.79 Å². The van der Waals surface area contributed by atoms with Crippen LogP contribution in [0.2, 0.25) is 0 Å². The molecule has 3 heterocycles. The molecule has 2 aromatic heterocycles. The Morgan fingerprint density at radius 2 is 2.12 bits per heavy atom. The van der Waals surface area contributed by atoms with Crippen LogP contribution in [-0.2, 0) is 0 Å². The predicted octanol–water partition coefficient (Wildman–Crippen LogP) is 3.07. The second-order valence-electron chi connectivity index (χ2n) is 7.86. The van der Waals surface area contributed by atoms with Gasteiger partial charge in [-0.2, -0.15) is 0 Å². The lowest BCUT2D eigenvalue weighted by molar-refractivity contribution is 0.0249. The summed E-state index contributed by atoms with van der Waals surface area (Å²) in [6.07, 6.45) is 2.57. The van der Waals surface area contributed by atoms with Crippen molar-refractivity contribution in [3.05, 3.63) is 23.0 Å². The second kappa shape index (κ2) is 6.09. The van der Waals surface area contributed by atoms with E-state index >= 15 is 0 Å². The lowest BCUT2D eigenvalue weighted by Crippen LogP contribution is -2.45. The highest BCUT2D eigenvalue weighted by atomic mass is 16.5. The fourth-order valence-corrected chi connectivity index (χ4v) is 3.55. The Kier molecular flexibility index (Phi) is 4.02. The van der Waals surface area contributed by atoms with Gasteiger partial charge in [0.05, 0.1) is 22.7 Å². The molecule has 0 bridgehead atoms. The van der Waals surface area contributed by atoms with Gasteiger partial charge in [-0.25, -0.2) is 4.98 Å². The number of rotatable bonds is 3. The van der Waals surface area contributed by atoms with E-state index in [0.29, 0.717) is 30.3 Å². The van der Waals surface area contributed by atoms with Crippen LogP contribution >= 0.6 is 0 Å². The summed E-state index contributed by atoms with van der Waals surface area (Å²) in [4.78, 5) is 19.6. The number of nitrogens with zero attached hydrogens (tertiary/aromatic N) is 3.